The molecule has 1 N–H and O–H groups in total. The Hall–Kier alpha value is -4.06. The molecule has 4 rings (SSSR count). The molecule has 1 amide bonds. The normalized spacial score (nSPS) is 12.8. The standard InChI is InChI=1S/C33H38N2O4/c1-20(2)26-9-8-10-27(17-26)22(4)34-32(36)28-13-16-31-30(18-28)21(3)23(5)35(31)19-25-11-14-29(15-12-25)39-24(6)33(37)38-7/h8-18,20,22,24H,19H2,1-7H3,(H,34,36)/t22-,24+/m0/s1. The van der Waals surface area contributed by atoms with Crippen molar-refractivity contribution in [3.8, 4) is 5.75 Å². The fourth-order valence-electron chi connectivity index (χ4n) is 4.82. The van der Waals surface area contributed by atoms with Crippen LogP contribution in [0.15, 0.2) is 66.7 Å². The lowest BCUT2D eigenvalue weighted by molar-refractivity contribution is -0.147. The minimum atomic E-state index is -0.668. The number of methoxy groups -OCH3 is 1. The number of benzene rings is 3. The number of rotatable bonds is 9. The highest BCUT2D eigenvalue weighted by molar-refractivity contribution is 5.99. The van der Waals surface area contributed by atoms with Gasteiger partial charge in [-0.25, -0.2) is 4.79 Å². The number of fused-ring (bicyclic) bond motifs is 1. The zero-order chi connectivity index (χ0) is 28.3. The number of nitrogens with zero attached hydrogens (tertiary/aromatic N) is 1. The first-order valence-corrected chi connectivity index (χ1v) is 13.4. The number of carbonyl (C=O) groups excluding carboxylic acids is 2. The van der Waals surface area contributed by atoms with Gasteiger partial charge in [-0.3, -0.25) is 4.79 Å². The van der Waals surface area contributed by atoms with E-state index in [2.05, 4.69) is 61.8 Å². The van der Waals surface area contributed by atoms with Gasteiger partial charge in [-0.1, -0.05) is 50.2 Å². The van der Waals surface area contributed by atoms with E-state index in [4.69, 9.17) is 9.47 Å². The maximum atomic E-state index is 13.2. The number of ether oxygens (including phenoxy) is 2. The molecule has 0 saturated heterocycles. The minimum absolute atomic E-state index is 0.0825. The Morgan fingerprint density at radius 2 is 1.59 bits per heavy atom. The van der Waals surface area contributed by atoms with Crippen molar-refractivity contribution in [2.45, 2.75) is 66.2 Å². The van der Waals surface area contributed by atoms with Gasteiger partial charge >= 0.3 is 5.97 Å². The Morgan fingerprint density at radius 3 is 2.26 bits per heavy atom. The molecular formula is C33H38N2O4. The Balaban J connectivity index is 1.51. The second-order valence-electron chi connectivity index (χ2n) is 10.5. The Labute approximate surface area is 230 Å². The third kappa shape index (κ3) is 6.17. The summed E-state index contributed by atoms with van der Waals surface area (Å²) in [5.74, 6) is 0.558. The minimum Gasteiger partial charge on any atom is -0.479 e. The molecule has 1 aromatic heterocycles. The number of aryl methyl sites for hydroxylation is 1. The van der Waals surface area contributed by atoms with Gasteiger partial charge in [-0.15, -0.1) is 0 Å². The first-order valence-electron chi connectivity index (χ1n) is 13.4. The highest BCUT2D eigenvalue weighted by atomic mass is 16.6. The second kappa shape index (κ2) is 11.8. The van der Waals surface area contributed by atoms with E-state index in [0.717, 1.165) is 33.3 Å². The lowest BCUT2D eigenvalue weighted by Crippen LogP contribution is -2.26. The molecule has 0 saturated carbocycles. The molecule has 39 heavy (non-hydrogen) atoms. The van der Waals surface area contributed by atoms with Crippen molar-refractivity contribution < 1.29 is 19.1 Å². The van der Waals surface area contributed by atoms with Gasteiger partial charge in [0, 0.05) is 28.7 Å². The van der Waals surface area contributed by atoms with Gasteiger partial charge in [0.25, 0.3) is 5.91 Å². The second-order valence-corrected chi connectivity index (χ2v) is 10.5. The molecule has 4 aromatic rings. The number of carbonyl (C=O) groups is 2. The third-order valence-corrected chi connectivity index (χ3v) is 7.44. The molecule has 0 unspecified atom stereocenters. The topological polar surface area (TPSA) is 69.6 Å². The summed E-state index contributed by atoms with van der Waals surface area (Å²) in [5.41, 5.74) is 7.51. The zero-order valence-corrected chi connectivity index (χ0v) is 23.9. The maximum absolute atomic E-state index is 13.2. The van der Waals surface area contributed by atoms with Crippen molar-refractivity contribution in [1.29, 1.82) is 0 Å². The SMILES string of the molecule is COC(=O)[C@@H](C)Oc1ccc(Cn2c(C)c(C)c3cc(C(=O)N[C@@H](C)c4cccc(C(C)C)c4)ccc32)cc1. The van der Waals surface area contributed by atoms with Crippen LogP contribution in [0, 0.1) is 13.8 Å². The van der Waals surface area contributed by atoms with E-state index in [1.54, 1.807) is 6.92 Å². The predicted molar refractivity (Wildman–Crippen MR) is 155 cm³/mol. The quantitative estimate of drug-likeness (QED) is 0.242. The number of hydrogen-bond acceptors (Lipinski definition) is 4. The van der Waals surface area contributed by atoms with E-state index in [9.17, 15) is 9.59 Å². The van der Waals surface area contributed by atoms with Crippen LogP contribution in [0.3, 0.4) is 0 Å². The summed E-state index contributed by atoms with van der Waals surface area (Å²) in [7, 11) is 1.35. The van der Waals surface area contributed by atoms with Crippen molar-refractivity contribution in [2.75, 3.05) is 7.11 Å². The molecular weight excluding hydrogens is 488 g/mol. The van der Waals surface area contributed by atoms with Crippen LogP contribution in [0.2, 0.25) is 0 Å². The predicted octanol–water partition coefficient (Wildman–Crippen LogP) is 6.86. The van der Waals surface area contributed by atoms with E-state index in [-0.39, 0.29) is 11.9 Å². The van der Waals surface area contributed by atoms with Gasteiger partial charge in [0.05, 0.1) is 13.2 Å². The van der Waals surface area contributed by atoms with Crippen molar-refractivity contribution in [3.63, 3.8) is 0 Å². The van der Waals surface area contributed by atoms with E-state index >= 15 is 0 Å². The molecule has 0 radical (unpaired) electrons. The Bertz CT molecular complexity index is 1480. The monoisotopic (exact) mass is 526 g/mol. The summed E-state index contributed by atoms with van der Waals surface area (Å²) in [6, 6.07) is 22.0. The molecule has 6 nitrogen and oxygen atoms in total. The summed E-state index contributed by atoms with van der Waals surface area (Å²) < 4.78 is 12.6. The Morgan fingerprint density at radius 1 is 0.897 bits per heavy atom. The highest BCUT2D eigenvalue weighted by Gasteiger charge is 2.17. The van der Waals surface area contributed by atoms with Crippen molar-refractivity contribution in [3.05, 3.63) is 100 Å². The molecule has 1 heterocycles. The molecule has 3 aromatic carbocycles. The van der Waals surface area contributed by atoms with Crippen LogP contribution in [-0.4, -0.2) is 29.7 Å². The molecule has 0 spiro atoms. The van der Waals surface area contributed by atoms with Gasteiger partial charge in [0.2, 0.25) is 0 Å². The maximum Gasteiger partial charge on any atom is 0.346 e. The van der Waals surface area contributed by atoms with Crippen molar-refractivity contribution >= 4 is 22.8 Å². The summed E-state index contributed by atoms with van der Waals surface area (Å²) in [4.78, 5) is 24.8. The third-order valence-electron chi connectivity index (χ3n) is 7.44. The largest absolute Gasteiger partial charge is 0.479 e. The lowest BCUT2D eigenvalue weighted by atomic mass is 9.98. The molecule has 0 aliphatic carbocycles. The van der Waals surface area contributed by atoms with E-state index in [0.29, 0.717) is 23.8 Å². The molecule has 0 bridgehead atoms. The average Bonchev–Trinajstić information content (AvgIpc) is 3.17. The molecule has 204 valence electrons. The highest BCUT2D eigenvalue weighted by Crippen LogP contribution is 2.28. The average molecular weight is 527 g/mol. The summed E-state index contributed by atoms with van der Waals surface area (Å²) in [6.45, 7) is 12.9. The number of amides is 1. The van der Waals surface area contributed by atoms with Crippen LogP contribution in [0.1, 0.15) is 78.0 Å². The van der Waals surface area contributed by atoms with Crippen LogP contribution in [0.5, 0.6) is 5.75 Å². The van der Waals surface area contributed by atoms with Gasteiger partial charge in [0.1, 0.15) is 5.75 Å². The van der Waals surface area contributed by atoms with Crippen LogP contribution in [-0.2, 0) is 16.1 Å². The van der Waals surface area contributed by atoms with Crippen molar-refractivity contribution in [2.24, 2.45) is 0 Å². The van der Waals surface area contributed by atoms with Crippen LogP contribution < -0.4 is 10.1 Å². The van der Waals surface area contributed by atoms with Crippen LogP contribution in [0.25, 0.3) is 10.9 Å². The number of hydrogen-bond donors (Lipinski definition) is 1. The first kappa shape index (κ1) is 28.0. The van der Waals surface area contributed by atoms with Crippen LogP contribution in [0.4, 0.5) is 0 Å². The van der Waals surface area contributed by atoms with Crippen LogP contribution >= 0.6 is 0 Å². The van der Waals surface area contributed by atoms with Gasteiger partial charge < -0.3 is 19.4 Å². The van der Waals surface area contributed by atoms with E-state index in [1.165, 1.54) is 12.7 Å². The summed E-state index contributed by atoms with van der Waals surface area (Å²) in [6.07, 6.45) is -0.668. The zero-order valence-electron chi connectivity index (χ0n) is 23.9. The number of aromatic nitrogens is 1. The van der Waals surface area contributed by atoms with Crippen molar-refractivity contribution in [1.82, 2.24) is 9.88 Å². The smallest absolute Gasteiger partial charge is 0.346 e. The number of nitrogens with one attached hydrogen (secondary N) is 1. The fourth-order valence-corrected chi connectivity index (χ4v) is 4.82. The summed E-state index contributed by atoms with van der Waals surface area (Å²) in [5, 5.41) is 4.24. The lowest BCUT2D eigenvalue weighted by Gasteiger charge is -2.16. The summed E-state index contributed by atoms with van der Waals surface area (Å²) >= 11 is 0. The molecule has 2 atom stereocenters. The Kier molecular flexibility index (Phi) is 8.44. The van der Waals surface area contributed by atoms with Gasteiger partial charge in [-0.2, -0.15) is 0 Å². The van der Waals surface area contributed by atoms with Gasteiger partial charge in [0.15, 0.2) is 6.10 Å². The van der Waals surface area contributed by atoms with E-state index in [1.807, 2.05) is 49.4 Å². The molecule has 0 aliphatic heterocycles. The molecule has 0 aliphatic rings. The van der Waals surface area contributed by atoms with Gasteiger partial charge in [-0.05, 0) is 86.2 Å². The molecule has 6 heteroatoms. The number of esters is 1. The first-order chi connectivity index (χ1) is 18.6. The molecule has 0 fully saturated rings. The fraction of sp³-hybridized carbons (Fsp3) is 0.333. The van der Waals surface area contributed by atoms with E-state index < -0.39 is 12.1 Å².